The van der Waals surface area contributed by atoms with Crippen LogP contribution in [0.2, 0.25) is 0 Å². The van der Waals surface area contributed by atoms with E-state index in [9.17, 15) is 10.0 Å². The molecule has 0 atom stereocenters. The third kappa shape index (κ3) is 1.16. The molecule has 2 rings (SSSR count). The van der Waals surface area contributed by atoms with Crippen LogP contribution in [0.3, 0.4) is 0 Å². The van der Waals surface area contributed by atoms with Crippen molar-refractivity contribution in [1.29, 1.82) is 0 Å². The highest BCUT2D eigenvalue weighted by atomic mass is 16.5. The molecule has 0 bridgehead atoms. The Morgan fingerprint density at radius 3 is 2.71 bits per heavy atom. The molecule has 0 unspecified atom stereocenters. The zero-order chi connectivity index (χ0) is 10.1. The largest absolute Gasteiger partial charge is 0.422 e. The molecule has 0 amide bonds. The van der Waals surface area contributed by atoms with Crippen molar-refractivity contribution in [3.05, 3.63) is 23.0 Å². The summed E-state index contributed by atoms with van der Waals surface area (Å²) in [5, 5.41) is 24.6. The second-order valence-electron chi connectivity index (χ2n) is 2.32. The first-order chi connectivity index (χ1) is 6.68. The summed E-state index contributed by atoms with van der Waals surface area (Å²) in [7, 11) is 0. The SMILES string of the molecule is O=c1ncnc(-c2cn(O)nn2)n1O. The molecular formula is C5H4N6O3. The van der Waals surface area contributed by atoms with E-state index >= 15 is 0 Å². The molecule has 2 aromatic heterocycles. The molecule has 0 fully saturated rings. The summed E-state index contributed by atoms with van der Waals surface area (Å²) in [5.41, 5.74) is -0.836. The van der Waals surface area contributed by atoms with Crippen molar-refractivity contribution < 1.29 is 10.4 Å². The Morgan fingerprint density at radius 1 is 1.29 bits per heavy atom. The Bertz CT molecular complexity index is 516. The predicted molar refractivity (Wildman–Crippen MR) is 39.7 cm³/mol. The van der Waals surface area contributed by atoms with E-state index in [-0.39, 0.29) is 16.2 Å². The van der Waals surface area contributed by atoms with Crippen molar-refractivity contribution in [2.75, 3.05) is 0 Å². The van der Waals surface area contributed by atoms with Gasteiger partial charge in [0.05, 0.1) is 6.20 Å². The minimum Gasteiger partial charge on any atom is -0.422 e. The smallest absolute Gasteiger partial charge is 0.383 e. The standard InChI is InChI=1S/C5H4N6O3/c12-5-7-2-6-4(11(5)14)3-1-10(13)9-8-3/h1-2,13-14H. The molecule has 72 valence electrons. The highest BCUT2D eigenvalue weighted by molar-refractivity contribution is 5.45. The lowest BCUT2D eigenvalue weighted by molar-refractivity contribution is 0.143. The fourth-order valence-corrected chi connectivity index (χ4v) is 0.865. The van der Waals surface area contributed by atoms with Crippen LogP contribution in [0.5, 0.6) is 0 Å². The van der Waals surface area contributed by atoms with Crippen LogP contribution in [0.4, 0.5) is 0 Å². The quantitative estimate of drug-likeness (QED) is 0.525. The Morgan fingerprint density at radius 2 is 2.07 bits per heavy atom. The summed E-state index contributed by atoms with van der Waals surface area (Å²) in [6, 6.07) is 0. The van der Waals surface area contributed by atoms with E-state index in [2.05, 4.69) is 20.3 Å². The first kappa shape index (κ1) is 8.16. The fourth-order valence-electron chi connectivity index (χ4n) is 0.865. The Kier molecular flexibility index (Phi) is 1.63. The number of nitrogens with zero attached hydrogens (tertiary/aromatic N) is 6. The van der Waals surface area contributed by atoms with Crippen LogP contribution in [0.15, 0.2) is 17.3 Å². The van der Waals surface area contributed by atoms with Gasteiger partial charge in [-0.05, 0) is 5.21 Å². The van der Waals surface area contributed by atoms with E-state index in [0.29, 0.717) is 4.85 Å². The van der Waals surface area contributed by atoms with Gasteiger partial charge in [-0.1, -0.05) is 4.85 Å². The van der Waals surface area contributed by atoms with Gasteiger partial charge >= 0.3 is 5.69 Å². The minimum absolute atomic E-state index is 0.0505. The average molecular weight is 196 g/mol. The Labute approximate surface area is 75.8 Å². The third-order valence-corrected chi connectivity index (χ3v) is 1.44. The van der Waals surface area contributed by atoms with Gasteiger partial charge in [0.2, 0.25) is 5.82 Å². The van der Waals surface area contributed by atoms with Crippen molar-refractivity contribution in [3.8, 4) is 11.5 Å². The summed E-state index contributed by atoms with van der Waals surface area (Å²) in [4.78, 5) is 18.1. The van der Waals surface area contributed by atoms with Gasteiger partial charge in [0.15, 0.2) is 5.69 Å². The van der Waals surface area contributed by atoms with Crippen LogP contribution >= 0.6 is 0 Å². The van der Waals surface area contributed by atoms with Gasteiger partial charge in [0.25, 0.3) is 0 Å². The van der Waals surface area contributed by atoms with Crippen LogP contribution < -0.4 is 5.69 Å². The van der Waals surface area contributed by atoms with Crippen LogP contribution in [0, 0.1) is 0 Å². The minimum atomic E-state index is -0.887. The molecule has 9 heteroatoms. The van der Waals surface area contributed by atoms with Gasteiger partial charge < -0.3 is 10.4 Å². The number of aromatic nitrogens is 6. The zero-order valence-electron chi connectivity index (χ0n) is 6.64. The molecule has 0 aromatic carbocycles. The van der Waals surface area contributed by atoms with Crippen LogP contribution in [-0.4, -0.2) is 40.3 Å². The second-order valence-corrected chi connectivity index (χ2v) is 2.32. The van der Waals surface area contributed by atoms with Gasteiger partial charge in [0.1, 0.15) is 6.33 Å². The maximum atomic E-state index is 10.9. The average Bonchev–Trinajstić information content (AvgIpc) is 2.57. The summed E-state index contributed by atoms with van der Waals surface area (Å²) < 4.78 is 0.212. The Hall–Kier alpha value is -2.45. The van der Waals surface area contributed by atoms with Crippen LogP contribution in [-0.2, 0) is 0 Å². The van der Waals surface area contributed by atoms with E-state index in [1.165, 1.54) is 0 Å². The maximum absolute atomic E-state index is 10.9. The van der Waals surface area contributed by atoms with Crippen molar-refractivity contribution in [1.82, 2.24) is 29.9 Å². The Balaban J connectivity index is 2.63. The summed E-state index contributed by atoms with van der Waals surface area (Å²) in [6.07, 6.45) is 2.05. The van der Waals surface area contributed by atoms with Crippen molar-refractivity contribution in [2.45, 2.75) is 0 Å². The highest BCUT2D eigenvalue weighted by Crippen LogP contribution is 2.07. The molecule has 0 saturated heterocycles. The van der Waals surface area contributed by atoms with Crippen molar-refractivity contribution >= 4 is 0 Å². The number of hydrogen-bond donors (Lipinski definition) is 2. The monoisotopic (exact) mass is 196 g/mol. The first-order valence-electron chi connectivity index (χ1n) is 3.44. The molecule has 2 N–H and O–H groups in total. The van der Waals surface area contributed by atoms with Gasteiger partial charge in [0, 0.05) is 0 Å². The fraction of sp³-hybridized carbons (Fsp3) is 0. The van der Waals surface area contributed by atoms with E-state index in [0.717, 1.165) is 12.5 Å². The number of hydrogen-bond acceptors (Lipinski definition) is 7. The molecular weight excluding hydrogens is 192 g/mol. The summed E-state index contributed by atoms with van der Waals surface area (Å²) in [5.74, 6) is -0.148. The van der Waals surface area contributed by atoms with Crippen LogP contribution in [0.1, 0.15) is 0 Å². The summed E-state index contributed by atoms with van der Waals surface area (Å²) >= 11 is 0. The molecule has 2 aromatic rings. The molecule has 9 nitrogen and oxygen atoms in total. The lowest BCUT2D eigenvalue weighted by Crippen LogP contribution is -2.23. The first-order valence-corrected chi connectivity index (χ1v) is 3.44. The zero-order valence-corrected chi connectivity index (χ0v) is 6.64. The maximum Gasteiger partial charge on any atom is 0.383 e. The number of rotatable bonds is 1. The van der Waals surface area contributed by atoms with E-state index in [1.54, 1.807) is 0 Å². The van der Waals surface area contributed by atoms with E-state index in [4.69, 9.17) is 5.21 Å². The molecule has 14 heavy (non-hydrogen) atoms. The van der Waals surface area contributed by atoms with Crippen molar-refractivity contribution in [2.24, 2.45) is 0 Å². The van der Waals surface area contributed by atoms with Crippen LogP contribution in [0.25, 0.3) is 11.5 Å². The molecule has 0 aliphatic rings. The van der Waals surface area contributed by atoms with E-state index in [1.807, 2.05) is 0 Å². The normalized spacial score (nSPS) is 10.3. The predicted octanol–water partition coefficient (Wildman–Crippen LogP) is -1.63. The topological polar surface area (TPSA) is 119 Å². The lowest BCUT2D eigenvalue weighted by atomic mass is 10.4. The molecule has 0 aliphatic carbocycles. The molecule has 0 aliphatic heterocycles. The van der Waals surface area contributed by atoms with Gasteiger partial charge in [-0.25, -0.2) is 9.78 Å². The third-order valence-electron chi connectivity index (χ3n) is 1.44. The van der Waals surface area contributed by atoms with Crippen molar-refractivity contribution in [3.63, 3.8) is 0 Å². The summed E-state index contributed by atoms with van der Waals surface area (Å²) in [6.45, 7) is 0. The van der Waals surface area contributed by atoms with Gasteiger partial charge in [-0.3, -0.25) is 0 Å². The highest BCUT2D eigenvalue weighted by Gasteiger charge is 2.11. The van der Waals surface area contributed by atoms with Gasteiger partial charge in [-0.2, -0.15) is 4.98 Å². The molecule has 0 radical (unpaired) electrons. The van der Waals surface area contributed by atoms with E-state index < -0.39 is 5.69 Å². The lowest BCUT2D eigenvalue weighted by Gasteiger charge is -1.97. The second kappa shape index (κ2) is 2.80. The molecule has 2 heterocycles. The molecule has 0 spiro atoms. The molecule has 0 saturated carbocycles. The van der Waals surface area contributed by atoms with Gasteiger partial charge in [-0.15, -0.1) is 9.83 Å².